The van der Waals surface area contributed by atoms with E-state index in [2.05, 4.69) is 9.98 Å². The van der Waals surface area contributed by atoms with Crippen molar-refractivity contribution in [1.29, 1.82) is 0 Å². The van der Waals surface area contributed by atoms with E-state index in [4.69, 9.17) is 23.1 Å². The number of guanidine groups is 1. The van der Waals surface area contributed by atoms with Gasteiger partial charge in [-0.2, -0.15) is 4.99 Å². The van der Waals surface area contributed by atoms with Crippen LogP contribution >= 0.6 is 11.6 Å². The molecule has 1 aromatic carbocycles. The van der Waals surface area contributed by atoms with E-state index in [0.717, 1.165) is 11.1 Å². The fourth-order valence-electron chi connectivity index (χ4n) is 1.54. The number of hydrogen-bond acceptors (Lipinski definition) is 2. The number of benzene rings is 1. The van der Waals surface area contributed by atoms with Gasteiger partial charge in [-0.25, -0.2) is 4.98 Å². The van der Waals surface area contributed by atoms with Gasteiger partial charge in [-0.05, 0) is 11.6 Å². The van der Waals surface area contributed by atoms with Gasteiger partial charge in [-0.1, -0.05) is 54.1 Å². The zero-order valence-corrected chi connectivity index (χ0v) is 10.9. The van der Waals surface area contributed by atoms with Crippen LogP contribution in [0.15, 0.2) is 47.6 Å². The Balaban J connectivity index is 2.36. The first-order valence-corrected chi connectivity index (χ1v) is 6.01. The van der Waals surface area contributed by atoms with Crippen molar-refractivity contribution in [2.45, 2.75) is 0 Å². The highest BCUT2D eigenvalue weighted by Gasteiger charge is 2.01. The zero-order chi connectivity index (χ0) is 13.7. The predicted molar refractivity (Wildman–Crippen MR) is 80.1 cm³/mol. The van der Waals surface area contributed by atoms with Crippen LogP contribution in [0.25, 0.3) is 12.2 Å². The van der Waals surface area contributed by atoms with Gasteiger partial charge in [0.15, 0.2) is 11.8 Å². The lowest BCUT2D eigenvalue weighted by molar-refractivity contribution is 1.25. The summed E-state index contributed by atoms with van der Waals surface area (Å²) in [7, 11) is 0. The van der Waals surface area contributed by atoms with Crippen molar-refractivity contribution in [3.63, 3.8) is 0 Å². The molecule has 0 saturated heterocycles. The summed E-state index contributed by atoms with van der Waals surface area (Å²) in [5.41, 5.74) is 12.6. The van der Waals surface area contributed by atoms with Gasteiger partial charge in [0, 0.05) is 11.8 Å². The second kappa shape index (κ2) is 6.02. The van der Waals surface area contributed by atoms with Gasteiger partial charge in [0.2, 0.25) is 0 Å². The molecule has 1 heterocycles. The summed E-state index contributed by atoms with van der Waals surface area (Å²) in [6.45, 7) is 0. The second-order valence-corrected chi connectivity index (χ2v) is 4.28. The monoisotopic (exact) mass is 272 g/mol. The van der Waals surface area contributed by atoms with Crippen LogP contribution in [0.5, 0.6) is 0 Å². The highest BCUT2D eigenvalue weighted by Crippen LogP contribution is 2.22. The minimum Gasteiger partial charge on any atom is -0.370 e. The van der Waals surface area contributed by atoms with Crippen molar-refractivity contribution in [3.05, 3.63) is 58.7 Å². The summed E-state index contributed by atoms with van der Waals surface area (Å²) in [6.07, 6.45) is 5.32. The van der Waals surface area contributed by atoms with Crippen LogP contribution in [0.4, 0.5) is 5.82 Å². The van der Waals surface area contributed by atoms with Gasteiger partial charge in [0.05, 0.1) is 5.02 Å². The van der Waals surface area contributed by atoms with Gasteiger partial charge in [-0.15, -0.1) is 0 Å². The van der Waals surface area contributed by atoms with Crippen molar-refractivity contribution < 1.29 is 0 Å². The maximum atomic E-state index is 5.93. The summed E-state index contributed by atoms with van der Waals surface area (Å²) < 4.78 is 0. The zero-order valence-electron chi connectivity index (χ0n) is 10.1. The van der Waals surface area contributed by atoms with E-state index in [9.17, 15) is 0 Å². The van der Waals surface area contributed by atoms with Crippen LogP contribution in [0.2, 0.25) is 5.02 Å². The molecule has 1 aromatic heterocycles. The third-order valence-corrected chi connectivity index (χ3v) is 2.56. The molecule has 19 heavy (non-hydrogen) atoms. The molecular formula is C14H13ClN4. The van der Waals surface area contributed by atoms with E-state index in [1.807, 2.05) is 42.5 Å². The molecule has 4 nitrogen and oxygen atoms in total. The molecule has 96 valence electrons. The fraction of sp³-hybridized carbons (Fsp3) is 0. The largest absolute Gasteiger partial charge is 0.370 e. The Labute approximate surface area is 116 Å². The van der Waals surface area contributed by atoms with Crippen LogP contribution in [-0.2, 0) is 0 Å². The summed E-state index contributed by atoms with van der Waals surface area (Å²) in [5, 5.41) is 0.530. The van der Waals surface area contributed by atoms with E-state index >= 15 is 0 Å². The quantitative estimate of drug-likeness (QED) is 0.666. The summed E-state index contributed by atoms with van der Waals surface area (Å²) in [6, 6.07) is 11.6. The summed E-state index contributed by atoms with van der Waals surface area (Å²) >= 11 is 5.93. The smallest absolute Gasteiger partial charge is 0.192 e. The first-order valence-electron chi connectivity index (χ1n) is 5.63. The van der Waals surface area contributed by atoms with Gasteiger partial charge in [0.25, 0.3) is 0 Å². The Morgan fingerprint density at radius 3 is 2.58 bits per heavy atom. The Morgan fingerprint density at radius 1 is 1.16 bits per heavy atom. The van der Waals surface area contributed by atoms with E-state index < -0.39 is 0 Å². The Morgan fingerprint density at radius 2 is 1.89 bits per heavy atom. The normalized spacial score (nSPS) is 10.6. The maximum absolute atomic E-state index is 5.93. The van der Waals surface area contributed by atoms with Crippen molar-refractivity contribution in [2.75, 3.05) is 0 Å². The predicted octanol–water partition coefficient (Wildman–Crippen LogP) is 2.81. The lowest BCUT2D eigenvalue weighted by atomic mass is 10.1. The van der Waals surface area contributed by atoms with Crippen LogP contribution in [-0.4, -0.2) is 10.9 Å². The van der Waals surface area contributed by atoms with Crippen LogP contribution in [0.3, 0.4) is 0 Å². The highest BCUT2D eigenvalue weighted by molar-refractivity contribution is 6.30. The summed E-state index contributed by atoms with van der Waals surface area (Å²) in [5.74, 6) is 0.403. The number of aliphatic imine (C=N–C) groups is 1. The van der Waals surface area contributed by atoms with E-state index in [1.54, 1.807) is 6.07 Å². The first kappa shape index (κ1) is 13.1. The SMILES string of the molecule is NC(N)=Nc1ncc(Cl)cc1/C=C/c1ccccc1. The topological polar surface area (TPSA) is 77.3 Å². The van der Waals surface area contributed by atoms with Crippen LogP contribution in [0, 0.1) is 0 Å². The third-order valence-electron chi connectivity index (χ3n) is 2.35. The molecule has 0 aliphatic carbocycles. The van der Waals surface area contributed by atoms with Crippen molar-refractivity contribution in [2.24, 2.45) is 16.5 Å². The standard InChI is InChI=1S/C14H13ClN4/c15-12-8-11(13(18-9-12)19-14(16)17)7-6-10-4-2-1-3-5-10/h1-9H,(H4,16,17,18,19)/b7-6+. The lowest BCUT2D eigenvalue weighted by Crippen LogP contribution is -2.22. The minimum absolute atomic E-state index is 0.0378. The molecule has 0 aliphatic rings. The maximum Gasteiger partial charge on any atom is 0.192 e. The number of pyridine rings is 1. The molecule has 0 aliphatic heterocycles. The Hall–Kier alpha value is -2.33. The number of halogens is 1. The molecule has 0 unspecified atom stereocenters. The molecule has 0 fully saturated rings. The van der Waals surface area contributed by atoms with E-state index in [1.165, 1.54) is 6.20 Å². The Kier molecular flexibility index (Phi) is 4.15. The van der Waals surface area contributed by atoms with E-state index in [0.29, 0.717) is 10.8 Å². The molecule has 4 N–H and O–H groups in total. The Bertz CT molecular complexity index is 617. The molecule has 2 rings (SSSR count). The molecule has 2 aromatic rings. The molecule has 0 amide bonds. The summed E-state index contributed by atoms with van der Waals surface area (Å²) in [4.78, 5) is 8.06. The lowest BCUT2D eigenvalue weighted by Gasteiger charge is -2.01. The van der Waals surface area contributed by atoms with Gasteiger partial charge >= 0.3 is 0 Å². The number of rotatable bonds is 3. The molecule has 0 bridgehead atoms. The molecule has 0 radical (unpaired) electrons. The van der Waals surface area contributed by atoms with E-state index in [-0.39, 0.29) is 5.96 Å². The van der Waals surface area contributed by atoms with Gasteiger partial charge in [-0.3, -0.25) is 0 Å². The molecule has 0 atom stereocenters. The van der Waals surface area contributed by atoms with Crippen molar-refractivity contribution >= 4 is 35.5 Å². The molecule has 0 saturated carbocycles. The third kappa shape index (κ3) is 3.82. The number of nitrogens with two attached hydrogens (primary N) is 2. The second-order valence-electron chi connectivity index (χ2n) is 3.85. The molecule has 0 spiro atoms. The number of aromatic nitrogens is 1. The number of hydrogen-bond donors (Lipinski definition) is 2. The van der Waals surface area contributed by atoms with Crippen LogP contribution in [0.1, 0.15) is 11.1 Å². The minimum atomic E-state index is -0.0378. The fourth-order valence-corrected chi connectivity index (χ4v) is 1.70. The van der Waals surface area contributed by atoms with Gasteiger partial charge in [0.1, 0.15) is 0 Å². The highest BCUT2D eigenvalue weighted by atomic mass is 35.5. The van der Waals surface area contributed by atoms with Crippen molar-refractivity contribution in [3.8, 4) is 0 Å². The average molecular weight is 273 g/mol. The van der Waals surface area contributed by atoms with Crippen molar-refractivity contribution in [1.82, 2.24) is 4.98 Å². The molecular weight excluding hydrogens is 260 g/mol. The number of nitrogens with zero attached hydrogens (tertiary/aromatic N) is 2. The first-order chi connectivity index (χ1) is 9.15. The van der Waals surface area contributed by atoms with Gasteiger partial charge < -0.3 is 11.5 Å². The average Bonchev–Trinajstić information content (AvgIpc) is 2.40. The molecule has 5 heteroatoms. The van der Waals surface area contributed by atoms with Crippen LogP contribution < -0.4 is 11.5 Å².